The third-order valence-corrected chi connectivity index (χ3v) is 3.85. The third kappa shape index (κ3) is 2.42. The third-order valence-electron chi connectivity index (χ3n) is 3.85. The van der Waals surface area contributed by atoms with Crippen molar-refractivity contribution in [2.24, 2.45) is 0 Å². The molecule has 6 heteroatoms. The SMILES string of the molecule is O=C(O)CCc1ccccc1N1C(=O)C2CCC(O2)C1=O. The fraction of sp³-hybridized carbons (Fsp3) is 0.400. The van der Waals surface area contributed by atoms with Crippen LogP contribution in [0, 0.1) is 0 Å². The van der Waals surface area contributed by atoms with E-state index in [1.165, 1.54) is 4.90 Å². The summed E-state index contributed by atoms with van der Waals surface area (Å²) in [7, 11) is 0. The molecule has 6 nitrogen and oxygen atoms in total. The van der Waals surface area contributed by atoms with Crippen LogP contribution in [0.2, 0.25) is 0 Å². The molecule has 110 valence electrons. The Bertz CT molecular complexity index is 590. The van der Waals surface area contributed by atoms with Crippen LogP contribution in [0.3, 0.4) is 0 Å². The van der Waals surface area contributed by atoms with Crippen molar-refractivity contribution in [3.8, 4) is 0 Å². The molecule has 2 bridgehead atoms. The van der Waals surface area contributed by atoms with Gasteiger partial charge in [-0.05, 0) is 30.9 Å². The number of fused-ring (bicyclic) bond motifs is 2. The van der Waals surface area contributed by atoms with Crippen molar-refractivity contribution >= 4 is 23.5 Å². The van der Waals surface area contributed by atoms with E-state index in [-0.39, 0.29) is 24.7 Å². The lowest BCUT2D eigenvalue weighted by atomic mass is 10.1. The van der Waals surface area contributed by atoms with Crippen LogP contribution in [-0.2, 0) is 25.5 Å². The number of carbonyl (C=O) groups excluding carboxylic acids is 2. The van der Waals surface area contributed by atoms with Gasteiger partial charge >= 0.3 is 5.97 Å². The minimum absolute atomic E-state index is 0.0450. The monoisotopic (exact) mass is 289 g/mol. The number of benzene rings is 1. The lowest BCUT2D eigenvalue weighted by Gasteiger charge is -2.31. The molecular weight excluding hydrogens is 274 g/mol. The van der Waals surface area contributed by atoms with E-state index in [2.05, 4.69) is 0 Å². The summed E-state index contributed by atoms with van der Waals surface area (Å²) in [6.07, 6.45) is 0.238. The van der Waals surface area contributed by atoms with Crippen LogP contribution in [0.5, 0.6) is 0 Å². The minimum atomic E-state index is -0.912. The fourth-order valence-corrected chi connectivity index (χ4v) is 2.82. The normalized spacial score (nSPS) is 24.5. The summed E-state index contributed by atoms with van der Waals surface area (Å²) in [6, 6.07) is 6.93. The van der Waals surface area contributed by atoms with Gasteiger partial charge in [-0.3, -0.25) is 14.4 Å². The number of para-hydroxylation sites is 1. The Kier molecular flexibility index (Phi) is 3.47. The van der Waals surface area contributed by atoms with Crippen LogP contribution < -0.4 is 4.90 Å². The first-order valence-corrected chi connectivity index (χ1v) is 6.91. The average molecular weight is 289 g/mol. The molecule has 1 N–H and O–H groups in total. The number of imide groups is 1. The van der Waals surface area contributed by atoms with Crippen molar-refractivity contribution in [2.45, 2.75) is 37.9 Å². The predicted octanol–water partition coefficient (Wildman–Crippen LogP) is 1.12. The van der Waals surface area contributed by atoms with Gasteiger partial charge in [0, 0.05) is 6.42 Å². The molecule has 3 rings (SSSR count). The van der Waals surface area contributed by atoms with E-state index in [0.29, 0.717) is 24.1 Å². The van der Waals surface area contributed by atoms with Crippen LogP contribution in [-0.4, -0.2) is 35.1 Å². The second kappa shape index (κ2) is 5.29. The van der Waals surface area contributed by atoms with E-state index in [9.17, 15) is 14.4 Å². The zero-order valence-corrected chi connectivity index (χ0v) is 11.3. The van der Waals surface area contributed by atoms with Crippen molar-refractivity contribution in [2.75, 3.05) is 4.90 Å². The molecule has 2 aliphatic heterocycles. The second-order valence-corrected chi connectivity index (χ2v) is 5.23. The Morgan fingerprint density at radius 2 is 1.81 bits per heavy atom. The first-order chi connectivity index (χ1) is 10.1. The van der Waals surface area contributed by atoms with Gasteiger partial charge in [-0.1, -0.05) is 18.2 Å². The van der Waals surface area contributed by atoms with Crippen molar-refractivity contribution in [1.82, 2.24) is 0 Å². The number of hydrogen-bond acceptors (Lipinski definition) is 4. The van der Waals surface area contributed by atoms with Crippen molar-refractivity contribution in [3.05, 3.63) is 29.8 Å². The van der Waals surface area contributed by atoms with Gasteiger partial charge in [-0.25, -0.2) is 4.90 Å². The zero-order valence-electron chi connectivity index (χ0n) is 11.3. The van der Waals surface area contributed by atoms with E-state index in [1.54, 1.807) is 24.3 Å². The molecule has 2 heterocycles. The molecule has 2 fully saturated rings. The van der Waals surface area contributed by atoms with Crippen LogP contribution >= 0.6 is 0 Å². The van der Waals surface area contributed by atoms with Gasteiger partial charge in [0.05, 0.1) is 5.69 Å². The van der Waals surface area contributed by atoms with Gasteiger partial charge < -0.3 is 9.84 Å². The summed E-state index contributed by atoms with van der Waals surface area (Å²) in [5.74, 6) is -1.61. The molecule has 2 unspecified atom stereocenters. The number of carboxylic acids is 1. The molecule has 1 aromatic rings. The number of aryl methyl sites for hydroxylation is 1. The lowest BCUT2D eigenvalue weighted by Crippen LogP contribution is -2.52. The van der Waals surface area contributed by atoms with Crippen molar-refractivity contribution < 1.29 is 24.2 Å². The van der Waals surface area contributed by atoms with Gasteiger partial charge in [0.1, 0.15) is 12.2 Å². The van der Waals surface area contributed by atoms with E-state index in [0.717, 1.165) is 0 Å². The number of hydrogen-bond donors (Lipinski definition) is 1. The first kappa shape index (κ1) is 13.8. The molecule has 0 saturated carbocycles. The molecule has 0 radical (unpaired) electrons. The van der Waals surface area contributed by atoms with E-state index in [1.807, 2.05) is 0 Å². The molecule has 2 aliphatic rings. The molecule has 0 aliphatic carbocycles. The summed E-state index contributed by atoms with van der Waals surface area (Å²) in [5.41, 5.74) is 1.16. The maximum Gasteiger partial charge on any atom is 0.303 e. The standard InChI is InChI=1S/C15H15NO5/c17-13(18)8-5-9-3-1-2-4-10(9)16-14(19)11-6-7-12(21-11)15(16)20/h1-4,11-12H,5-8H2,(H,17,18). The highest BCUT2D eigenvalue weighted by Gasteiger charge is 2.47. The number of anilines is 1. The molecule has 2 amide bonds. The highest BCUT2D eigenvalue weighted by Crippen LogP contribution is 2.33. The topological polar surface area (TPSA) is 83.9 Å². The fourth-order valence-electron chi connectivity index (χ4n) is 2.82. The van der Waals surface area contributed by atoms with Crippen LogP contribution in [0.1, 0.15) is 24.8 Å². The number of morpholine rings is 1. The molecule has 1 aromatic carbocycles. The highest BCUT2D eigenvalue weighted by atomic mass is 16.5. The Labute approximate surface area is 121 Å². The maximum atomic E-state index is 12.3. The van der Waals surface area contributed by atoms with Gasteiger partial charge in [0.25, 0.3) is 11.8 Å². The highest BCUT2D eigenvalue weighted by molar-refractivity contribution is 6.20. The van der Waals surface area contributed by atoms with Gasteiger partial charge in [-0.15, -0.1) is 0 Å². The van der Waals surface area contributed by atoms with Crippen molar-refractivity contribution in [3.63, 3.8) is 0 Å². The lowest BCUT2D eigenvalue weighted by molar-refractivity contribution is -0.147. The summed E-state index contributed by atoms with van der Waals surface area (Å²) >= 11 is 0. The smallest absolute Gasteiger partial charge is 0.303 e. The average Bonchev–Trinajstić information content (AvgIpc) is 2.91. The van der Waals surface area contributed by atoms with Crippen LogP contribution in [0.4, 0.5) is 5.69 Å². The van der Waals surface area contributed by atoms with Gasteiger partial charge in [-0.2, -0.15) is 0 Å². The number of carbonyl (C=O) groups is 3. The van der Waals surface area contributed by atoms with E-state index >= 15 is 0 Å². The van der Waals surface area contributed by atoms with E-state index < -0.39 is 18.2 Å². The molecule has 2 atom stereocenters. The van der Waals surface area contributed by atoms with E-state index in [4.69, 9.17) is 9.84 Å². The Hall–Kier alpha value is -2.21. The molecular formula is C15H15NO5. The molecule has 21 heavy (non-hydrogen) atoms. The van der Waals surface area contributed by atoms with Crippen LogP contribution in [0.15, 0.2) is 24.3 Å². The number of aliphatic carboxylic acids is 1. The number of ether oxygens (including phenoxy) is 1. The number of carboxylic acid groups (broad SMARTS) is 1. The second-order valence-electron chi connectivity index (χ2n) is 5.23. The van der Waals surface area contributed by atoms with Gasteiger partial charge in [0.2, 0.25) is 0 Å². The molecule has 0 aromatic heterocycles. The quantitative estimate of drug-likeness (QED) is 0.840. The minimum Gasteiger partial charge on any atom is -0.481 e. The molecule has 2 saturated heterocycles. The summed E-state index contributed by atoms with van der Waals surface area (Å²) in [4.78, 5) is 36.6. The summed E-state index contributed by atoms with van der Waals surface area (Å²) < 4.78 is 5.38. The maximum absolute atomic E-state index is 12.3. The summed E-state index contributed by atoms with van der Waals surface area (Å²) in [5, 5.41) is 8.81. The zero-order chi connectivity index (χ0) is 15.0. The van der Waals surface area contributed by atoms with Crippen LogP contribution in [0.25, 0.3) is 0 Å². The number of amides is 2. The first-order valence-electron chi connectivity index (χ1n) is 6.91. The number of nitrogens with zero attached hydrogens (tertiary/aromatic N) is 1. The Morgan fingerprint density at radius 1 is 1.19 bits per heavy atom. The Balaban J connectivity index is 1.94. The molecule has 0 spiro atoms. The van der Waals surface area contributed by atoms with Crippen molar-refractivity contribution in [1.29, 1.82) is 0 Å². The number of rotatable bonds is 4. The summed E-state index contributed by atoms with van der Waals surface area (Å²) in [6.45, 7) is 0. The van der Waals surface area contributed by atoms with Gasteiger partial charge in [0.15, 0.2) is 0 Å². The predicted molar refractivity (Wildman–Crippen MR) is 72.8 cm³/mol. The largest absolute Gasteiger partial charge is 0.481 e. The Morgan fingerprint density at radius 3 is 2.43 bits per heavy atom.